The highest BCUT2D eigenvalue weighted by Crippen LogP contribution is 2.47. The molecular weight excluding hydrogens is 352 g/mol. The summed E-state index contributed by atoms with van der Waals surface area (Å²) in [6.45, 7) is 1.40. The number of aromatic nitrogens is 1. The molecule has 0 bridgehead atoms. The Balaban J connectivity index is 1.33. The van der Waals surface area contributed by atoms with Gasteiger partial charge in [0.15, 0.2) is 5.60 Å². The van der Waals surface area contributed by atoms with Crippen LogP contribution in [0.15, 0.2) is 48.5 Å². The van der Waals surface area contributed by atoms with E-state index in [-0.39, 0.29) is 18.2 Å². The maximum Gasteiger partial charge on any atom is 0.257 e. The third-order valence-electron chi connectivity index (χ3n) is 6.25. The van der Waals surface area contributed by atoms with Crippen LogP contribution in [0, 0.1) is 11.3 Å². The zero-order chi connectivity index (χ0) is 19.1. The number of nitriles is 1. The number of amides is 1. The molecule has 4 heterocycles. The van der Waals surface area contributed by atoms with Crippen molar-refractivity contribution in [2.45, 2.75) is 43.6 Å². The summed E-state index contributed by atoms with van der Waals surface area (Å²) in [6.07, 6.45) is 3.04. The summed E-state index contributed by atoms with van der Waals surface area (Å²) in [5.74, 6) is 0.934. The fourth-order valence-electron chi connectivity index (χ4n) is 4.81. The van der Waals surface area contributed by atoms with Gasteiger partial charge in [0.1, 0.15) is 23.8 Å². The van der Waals surface area contributed by atoms with Crippen molar-refractivity contribution in [2.24, 2.45) is 0 Å². The second-order valence-corrected chi connectivity index (χ2v) is 7.76. The van der Waals surface area contributed by atoms with E-state index in [9.17, 15) is 4.79 Å². The van der Waals surface area contributed by atoms with Gasteiger partial charge in [-0.3, -0.25) is 4.79 Å². The van der Waals surface area contributed by atoms with Crippen LogP contribution in [0.1, 0.15) is 43.0 Å². The standard InChI is InChI=1S/C22H22N4O2/c23-15-17-7-4-8-19(24-17)25-13-11-22(12-14-25)21(27)26-18(9-10-20(26)28-22)16-5-2-1-3-6-16/h1-8,18,20H,9-14H2. The average Bonchev–Trinajstić information content (AvgIpc) is 3.27. The Morgan fingerprint density at radius 1 is 1.07 bits per heavy atom. The van der Waals surface area contributed by atoms with Crippen molar-refractivity contribution in [3.8, 4) is 6.07 Å². The molecule has 3 fully saturated rings. The molecule has 6 heteroatoms. The largest absolute Gasteiger partial charge is 0.356 e. The second-order valence-electron chi connectivity index (χ2n) is 7.76. The molecule has 0 aliphatic carbocycles. The Bertz CT molecular complexity index is 931. The maximum absolute atomic E-state index is 13.4. The van der Waals surface area contributed by atoms with E-state index in [2.05, 4.69) is 28.1 Å². The average molecular weight is 374 g/mol. The molecule has 1 spiro atoms. The van der Waals surface area contributed by atoms with Crippen LogP contribution in [0.2, 0.25) is 0 Å². The quantitative estimate of drug-likeness (QED) is 0.808. The van der Waals surface area contributed by atoms with Crippen LogP contribution in [0.5, 0.6) is 0 Å². The number of benzene rings is 1. The number of ether oxygens (including phenoxy) is 1. The lowest BCUT2D eigenvalue weighted by molar-refractivity contribution is -0.140. The first kappa shape index (κ1) is 17.2. The van der Waals surface area contributed by atoms with Crippen molar-refractivity contribution in [2.75, 3.05) is 18.0 Å². The van der Waals surface area contributed by atoms with Crippen molar-refractivity contribution in [1.29, 1.82) is 5.26 Å². The van der Waals surface area contributed by atoms with Crippen LogP contribution in [0.3, 0.4) is 0 Å². The molecule has 1 aromatic heterocycles. The number of fused-ring (bicyclic) bond motifs is 1. The first-order valence-corrected chi connectivity index (χ1v) is 9.88. The Kier molecular flexibility index (Phi) is 4.06. The van der Waals surface area contributed by atoms with E-state index in [0.717, 1.165) is 18.7 Å². The number of hydrogen-bond donors (Lipinski definition) is 0. The van der Waals surface area contributed by atoms with E-state index in [0.29, 0.717) is 31.6 Å². The van der Waals surface area contributed by atoms with Gasteiger partial charge in [-0.1, -0.05) is 36.4 Å². The van der Waals surface area contributed by atoms with Gasteiger partial charge in [-0.05, 0) is 30.5 Å². The molecule has 3 aliphatic heterocycles. The molecular formula is C22H22N4O2. The van der Waals surface area contributed by atoms with Crippen LogP contribution in [-0.2, 0) is 9.53 Å². The molecule has 2 unspecified atom stereocenters. The summed E-state index contributed by atoms with van der Waals surface area (Å²) >= 11 is 0. The SMILES string of the molecule is N#Cc1cccc(N2CCC3(CC2)OC2CCC(c4ccccc4)N2C3=O)n1. The number of hydrogen-bond acceptors (Lipinski definition) is 5. The van der Waals surface area contributed by atoms with Gasteiger partial charge in [0.25, 0.3) is 5.91 Å². The van der Waals surface area contributed by atoms with E-state index in [1.54, 1.807) is 6.07 Å². The lowest BCUT2D eigenvalue weighted by atomic mass is 9.89. The van der Waals surface area contributed by atoms with Gasteiger partial charge in [-0.15, -0.1) is 0 Å². The Labute approximate surface area is 164 Å². The molecule has 2 atom stereocenters. The first-order valence-electron chi connectivity index (χ1n) is 9.88. The smallest absolute Gasteiger partial charge is 0.257 e. The van der Waals surface area contributed by atoms with Crippen molar-refractivity contribution in [3.05, 3.63) is 59.8 Å². The summed E-state index contributed by atoms with van der Waals surface area (Å²) in [7, 11) is 0. The highest BCUT2D eigenvalue weighted by atomic mass is 16.6. The molecule has 1 amide bonds. The molecule has 28 heavy (non-hydrogen) atoms. The molecule has 2 aromatic rings. The number of anilines is 1. The third-order valence-corrected chi connectivity index (χ3v) is 6.25. The minimum Gasteiger partial charge on any atom is -0.356 e. The summed E-state index contributed by atoms with van der Waals surface area (Å²) < 4.78 is 6.38. The number of piperidine rings is 1. The van der Waals surface area contributed by atoms with Crippen LogP contribution in [-0.4, -0.2) is 40.7 Å². The number of rotatable bonds is 2. The molecule has 0 radical (unpaired) electrons. The Hall–Kier alpha value is -2.91. The zero-order valence-electron chi connectivity index (χ0n) is 15.6. The van der Waals surface area contributed by atoms with Gasteiger partial charge in [-0.2, -0.15) is 5.26 Å². The molecule has 6 nitrogen and oxygen atoms in total. The normalized spacial score (nSPS) is 25.8. The Morgan fingerprint density at radius 2 is 1.86 bits per heavy atom. The predicted molar refractivity (Wildman–Crippen MR) is 103 cm³/mol. The monoisotopic (exact) mass is 374 g/mol. The third kappa shape index (κ3) is 2.66. The second kappa shape index (κ2) is 6.61. The summed E-state index contributed by atoms with van der Waals surface area (Å²) in [6, 6.07) is 17.9. The van der Waals surface area contributed by atoms with Gasteiger partial charge in [0.05, 0.1) is 6.04 Å². The molecule has 142 valence electrons. The topological polar surface area (TPSA) is 69.5 Å². The van der Waals surface area contributed by atoms with Crippen LogP contribution in [0.4, 0.5) is 5.82 Å². The minimum absolute atomic E-state index is 0.107. The number of carbonyl (C=O) groups excluding carboxylic acids is 1. The number of carbonyl (C=O) groups is 1. The van der Waals surface area contributed by atoms with E-state index >= 15 is 0 Å². The summed E-state index contributed by atoms with van der Waals surface area (Å²) in [4.78, 5) is 21.9. The van der Waals surface area contributed by atoms with Crippen molar-refractivity contribution < 1.29 is 9.53 Å². The van der Waals surface area contributed by atoms with Crippen molar-refractivity contribution in [3.63, 3.8) is 0 Å². The van der Waals surface area contributed by atoms with Gasteiger partial charge >= 0.3 is 0 Å². The molecule has 5 rings (SSSR count). The molecule has 0 N–H and O–H groups in total. The number of nitrogens with zero attached hydrogens (tertiary/aromatic N) is 4. The van der Waals surface area contributed by atoms with E-state index in [4.69, 9.17) is 10.00 Å². The van der Waals surface area contributed by atoms with Gasteiger partial charge in [-0.25, -0.2) is 4.98 Å². The molecule has 0 saturated carbocycles. The van der Waals surface area contributed by atoms with Gasteiger partial charge in [0.2, 0.25) is 0 Å². The highest BCUT2D eigenvalue weighted by Gasteiger charge is 2.57. The Morgan fingerprint density at radius 3 is 2.61 bits per heavy atom. The first-order chi connectivity index (χ1) is 13.7. The molecule has 3 aliphatic rings. The fraction of sp³-hybridized carbons (Fsp3) is 0.409. The fourth-order valence-corrected chi connectivity index (χ4v) is 4.81. The predicted octanol–water partition coefficient (Wildman–Crippen LogP) is 3.01. The highest BCUT2D eigenvalue weighted by molar-refractivity contribution is 5.88. The zero-order valence-corrected chi connectivity index (χ0v) is 15.6. The summed E-state index contributed by atoms with van der Waals surface area (Å²) in [5, 5.41) is 9.07. The van der Waals surface area contributed by atoms with Gasteiger partial charge in [0, 0.05) is 25.9 Å². The summed E-state index contributed by atoms with van der Waals surface area (Å²) in [5.41, 5.74) is 0.896. The molecule has 1 aromatic carbocycles. The van der Waals surface area contributed by atoms with Crippen LogP contribution < -0.4 is 4.90 Å². The minimum atomic E-state index is -0.707. The molecule has 3 saturated heterocycles. The van der Waals surface area contributed by atoms with Gasteiger partial charge < -0.3 is 14.5 Å². The van der Waals surface area contributed by atoms with Crippen LogP contribution >= 0.6 is 0 Å². The van der Waals surface area contributed by atoms with E-state index < -0.39 is 5.60 Å². The number of pyridine rings is 1. The lowest BCUT2D eigenvalue weighted by Gasteiger charge is -2.38. The van der Waals surface area contributed by atoms with E-state index in [1.807, 2.05) is 35.2 Å². The van der Waals surface area contributed by atoms with Crippen molar-refractivity contribution >= 4 is 11.7 Å². The van der Waals surface area contributed by atoms with Crippen molar-refractivity contribution in [1.82, 2.24) is 9.88 Å². The maximum atomic E-state index is 13.4. The van der Waals surface area contributed by atoms with Crippen LogP contribution in [0.25, 0.3) is 0 Å². The lowest BCUT2D eigenvalue weighted by Crippen LogP contribution is -2.50. The van der Waals surface area contributed by atoms with E-state index in [1.165, 1.54) is 5.56 Å².